The van der Waals surface area contributed by atoms with Gasteiger partial charge in [0.15, 0.2) is 5.78 Å². The highest BCUT2D eigenvalue weighted by Crippen LogP contribution is 2.48. The van der Waals surface area contributed by atoms with Crippen LogP contribution in [0.25, 0.3) is 5.70 Å². The Morgan fingerprint density at radius 2 is 1.67 bits per heavy atom. The number of hydrogen-bond donors (Lipinski definition) is 1. The van der Waals surface area contributed by atoms with Crippen molar-refractivity contribution >= 4 is 17.4 Å². The van der Waals surface area contributed by atoms with Gasteiger partial charge in [0.2, 0.25) is 0 Å². The lowest BCUT2D eigenvalue weighted by Gasteiger charge is -2.29. The highest BCUT2D eigenvalue weighted by molar-refractivity contribution is 6.23. The molecule has 0 spiro atoms. The quantitative estimate of drug-likeness (QED) is 0.849. The molecule has 0 saturated carbocycles. The number of methoxy groups -OCH3 is 2. The van der Waals surface area contributed by atoms with E-state index in [-0.39, 0.29) is 5.78 Å². The predicted octanol–water partition coefficient (Wildman–Crippen LogP) is 3.44. The van der Waals surface area contributed by atoms with Gasteiger partial charge in [-0.3, -0.25) is 4.79 Å². The molecule has 1 N–H and O–H groups in total. The van der Waals surface area contributed by atoms with E-state index in [1.807, 2.05) is 55.5 Å². The molecule has 0 fully saturated rings. The van der Waals surface area contributed by atoms with Gasteiger partial charge in [0.25, 0.3) is 0 Å². The number of hydrogen-bond acceptors (Lipinski definition) is 5. The summed E-state index contributed by atoms with van der Waals surface area (Å²) in [4.78, 5) is 25.9. The Balaban J connectivity index is 1.99. The van der Waals surface area contributed by atoms with E-state index in [2.05, 4.69) is 5.32 Å². The van der Waals surface area contributed by atoms with Crippen molar-refractivity contribution in [1.29, 1.82) is 0 Å². The summed E-state index contributed by atoms with van der Waals surface area (Å²) in [5.41, 5.74) is 4.62. The lowest BCUT2D eigenvalue weighted by atomic mass is 9.79. The number of nitrogens with one attached hydrogen (secondary N) is 1. The van der Waals surface area contributed by atoms with Crippen LogP contribution in [0.15, 0.2) is 65.4 Å². The van der Waals surface area contributed by atoms with Crippen LogP contribution < -0.4 is 10.1 Å². The van der Waals surface area contributed by atoms with Crippen molar-refractivity contribution in [2.75, 3.05) is 14.2 Å². The van der Waals surface area contributed by atoms with E-state index in [1.54, 1.807) is 7.11 Å². The number of fused-ring (bicyclic) bond motifs is 2. The molecule has 1 atom stereocenters. The molecule has 27 heavy (non-hydrogen) atoms. The highest BCUT2D eigenvalue weighted by Gasteiger charge is 2.43. The van der Waals surface area contributed by atoms with Gasteiger partial charge in [-0.05, 0) is 13.0 Å². The molecule has 4 rings (SSSR count). The van der Waals surface area contributed by atoms with E-state index in [0.717, 1.165) is 16.8 Å². The summed E-state index contributed by atoms with van der Waals surface area (Å²) in [5, 5.41) is 3.26. The minimum atomic E-state index is -0.565. The summed E-state index contributed by atoms with van der Waals surface area (Å²) in [7, 11) is 2.92. The summed E-state index contributed by atoms with van der Waals surface area (Å²) in [6.45, 7) is 1.82. The third kappa shape index (κ3) is 2.46. The Labute approximate surface area is 157 Å². The van der Waals surface area contributed by atoms with Crippen molar-refractivity contribution in [1.82, 2.24) is 5.32 Å². The zero-order chi connectivity index (χ0) is 19.1. The molecule has 1 heterocycles. The highest BCUT2D eigenvalue weighted by atomic mass is 16.5. The van der Waals surface area contributed by atoms with Crippen molar-refractivity contribution in [3.8, 4) is 5.75 Å². The number of ether oxygens (including phenoxy) is 2. The Morgan fingerprint density at radius 1 is 1.00 bits per heavy atom. The molecule has 0 aromatic heterocycles. The Bertz CT molecular complexity index is 1030. The van der Waals surface area contributed by atoms with E-state index in [1.165, 1.54) is 7.11 Å². The fourth-order valence-electron chi connectivity index (χ4n) is 3.93. The number of ketones is 1. The van der Waals surface area contributed by atoms with Gasteiger partial charge in [0.05, 0.1) is 31.4 Å². The van der Waals surface area contributed by atoms with Gasteiger partial charge in [-0.15, -0.1) is 0 Å². The summed E-state index contributed by atoms with van der Waals surface area (Å²) in [6.07, 6.45) is 0. The molecule has 0 radical (unpaired) electrons. The summed E-state index contributed by atoms with van der Waals surface area (Å²) >= 11 is 0. The van der Waals surface area contributed by atoms with E-state index >= 15 is 0 Å². The second-order valence-corrected chi connectivity index (χ2v) is 6.49. The van der Waals surface area contributed by atoms with Crippen molar-refractivity contribution < 1.29 is 19.1 Å². The van der Waals surface area contributed by atoms with Gasteiger partial charge in [-0.1, -0.05) is 42.5 Å². The number of carbonyl (C=O) groups is 2. The Kier molecular flexibility index (Phi) is 4.07. The molecule has 1 aliphatic carbocycles. The van der Waals surface area contributed by atoms with Gasteiger partial charge >= 0.3 is 5.97 Å². The first-order valence-corrected chi connectivity index (χ1v) is 8.65. The number of esters is 1. The normalized spacial score (nSPS) is 18.0. The first-order chi connectivity index (χ1) is 13.1. The summed E-state index contributed by atoms with van der Waals surface area (Å²) in [5.74, 6) is -0.497. The first kappa shape index (κ1) is 17.1. The van der Waals surface area contributed by atoms with Crippen molar-refractivity contribution in [2.24, 2.45) is 0 Å². The molecule has 136 valence electrons. The predicted molar refractivity (Wildman–Crippen MR) is 101 cm³/mol. The number of benzene rings is 2. The fourth-order valence-corrected chi connectivity index (χ4v) is 3.93. The number of rotatable bonds is 3. The minimum Gasteiger partial charge on any atom is -0.496 e. The maximum atomic E-state index is 13.3. The topological polar surface area (TPSA) is 64.6 Å². The van der Waals surface area contributed by atoms with Gasteiger partial charge < -0.3 is 14.8 Å². The van der Waals surface area contributed by atoms with E-state index in [9.17, 15) is 9.59 Å². The second kappa shape index (κ2) is 6.43. The van der Waals surface area contributed by atoms with Crippen LogP contribution in [0, 0.1) is 0 Å². The van der Waals surface area contributed by atoms with Crippen LogP contribution >= 0.6 is 0 Å². The van der Waals surface area contributed by atoms with Gasteiger partial charge in [-0.25, -0.2) is 4.79 Å². The SMILES string of the molecule is COC(=O)C1=C(C)NC2=C(C(=O)c3ccccc32)[C@@H]1c1ccccc1OC. The first-order valence-electron chi connectivity index (χ1n) is 8.65. The maximum absolute atomic E-state index is 13.3. The van der Waals surface area contributed by atoms with E-state index < -0.39 is 11.9 Å². The van der Waals surface area contributed by atoms with Crippen LogP contribution in [-0.4, -0.2) is 26.0 Å². The van der Waals surface area contributed by atoms with Crippen molar-refractivity contribution in [2.45, 2.75) is 12.8 Å². The molecule has 2 aromatic rings. The smallest absolute Gasteiger partial charge is 0.336 e. The molecule has 5 nitrogen and oxygen atoms in total. The lowest BCUT2D eigenvalue weighted by molar-refractivity contribution is -0.136. The van der Waals surface area contributed by atoms with Crippen LogP contribution in [0.3, 0.4) is 0 Å². The maximum Gasteiger partial charge on any atom is 0.336 e. The third-order valence-corrected chi connectivity index (χ3v) is 5.10. The van der Waals surface area contributed by atoms with Crippen molar-refractivity contribution in [3.05, 3.63) is 82.1 Å². The van der Waals surface area contributed by atoms with E-state index in [0.29, 0.717) is 28.2 Å². The fraction of sp³-hybridized carbons (Fsp3) is 0.182. The standard InChI is InChI=1S/C22H19NO4/c1-12-17(22(25)27-3)18(15-10-6-7-11-16(15)26-2)19-20(23-12)13-8-4-5-9-14(13)21(19)24/h4-11,18,23H,1-3H3/t18-/m1/s1. The number of Topliss-reactive ketones (excluding diaryl/α,β-unsaturated/α-hetero) is 1. The van der Waals surface area contributed by atoms with Gasteiger partial charge in [-0.2, -0.15) is 0 Å². The average Bonchev–Trinajstić information content (AvgIpc) is 2.98. The van der Waals surface area contributed by atoms with Crippen LogP contribution in [0.2, 0.25) is 0 Å². The molecule has 0 unspecified atom stereocenters. The molecule has 5 heteroatoms. The van der Waals surface area contributed by atoms with Crippen LogP contribution in [0.5, 0.6) is 5.75 Å². The largest absolute Gasteiger partial charge is 0.496 e. The zero-order valence-electron chi connectivity index (χ0n) is 15.3. The van der Waals surface area contributed by atoms with Crippen LogP contribution in [0.4, 0.5) is 0 Å². The molecule has 0 amide bonds. The molecule has 2 aromatic carbocycles. The Hall–Kier alpha value is -3.34. The second-order valence-electron chi connectivity index (χ2n) is 6.49. The zero-order valence-corrected chi connectivity index (χ0v) is 15.3. The monoisotopic (exact) mass is 361 g/mol. The molecule has 0 saturated heterocycles. The minimum absolute atomic E-state index is 0.0853. The number of allylic oxidation sites excluding steroid dienone is 2. The third-order valence-electron chi connectivity index (χ3n) is 5.10. The van der Waals surface area contributed by atoms with Gasteiger partial charge in [0, 0.05) is 28.0 Å². The van der Waals surface area contributed by atoms with Crippen molar-refractivity contribution in [3.63, 3.8) is 0 Å². The number of carbonyl (C=O) groups excluding carboxylic acids is 2. The van der Waals surface area contributed by atoms with Crippen LogP contribution in [0.1, 0.15) is 34.3 Å². The average molecular weight is 361 g/mol. The molecular formula is C22H19NO4. The lowest BCUT2D eigenvalue weighted by Crippen LogP contribution is -2.29. The molecular weight excluding hydrogens is 342 g/mol. The van der Waals surface area contributed by atoms with Gasteiger partial charge in [0.1, 0.15) is 5.75 Å². The number of para-hydroxylation sites is 1. The molecule has 2 aliphatic rings. The van der Waals surface area contributed by atoms with Crippen LogP contribution in [-0.2, 0) is 9.53 Å². The molecule has 0 bridgehead atoms. The van der Waals surface area contributed by atoms with E-state index in [4.69, 9.17) is 9.47 Å². The summed E-state index contributed by atoms with van der Waals surface area (Å²) in [6, 6.07) is 14.9. The molecule has 1 aliphatic heterocycles. The number of dihydropyridines is 1. The summed E-state index contributed by atoms with van der Waals surface area (Å²) < 4.78 is 10.6. The Morgan fingerprint density at radius 3 is 2.37 bits per heavy atom.